The highest BCUT2D eigenvalue weighted by Crippen LogP contribution is 2.10. The number of carbonyl (C=O) groups is 1. The lowest BCUT2D eigenvalue weighted by Crippen LogP contribution is -2.53. The molecule has 0 radical (unpaired) electrons. The number of nitrogens with zero attached hydrogens (tertiary/aromatic N) is 2. The van der Waals surface area contributed by atoms with Crippen molar-refractivity contribution in [2.75, 3.05) is 26.2 Å². The highest BCUT2D eigenvalue weighted by Gasteiger charge is 2.26. The van der Waals surface area contributed by atoms with Crippen molar-refractivity contribution in [1.29, 1.82) is 0 Å². The van der Waals surface area contributed by atoms with E-state index in [0.717, 1.165) is 26.2 Å². The van der Waals surface area contributed by atoms with Gasteiger partial charge in [-0.05, 0) is 20.8 Å². The Labute approximate surface area is 106 Å². The van der Waals surface area contributed by atoms with E-state index in [1.54, 1.807) is 23.0 Å². The standard InChI is InChI=1S/C10H19IN2O2/c1-8(2)12-4-6-13(7-5-12)9(3)10(14)15-11/h8-9H,4-7H2,1-3H3. The van der Waals surface area contributed by atoms with Crippen molar-refractivity contribution < 1.29 is 7.86 Å². The average molecular weight is 326 g/mol. The molecule has 0 N–H and O–H groups in total. The van der Waals surface area contributed by atoms with Crippen LogP contribution in [0.3, 0.4) is 0 Å². The van der Waals surface area contributed by atoms with Gasteiger partial charge in [-0.25, -0.2) is 4.79 Å². The molecule has 1 aliphatic heterocycles. The number of hydrogen-bond acceptors (Lipinski definition) is 4. The Morgan fingerprint density at radius 1 is 1.13 bits per heavy atom. The molecule has 0 amide bonds. The van der Waals surface area contributed by atoms with Crippen molar-refractivity contribution in [3.05, 3.63) is 0 Å². The summed E-state index contributed by atoms with van der Waals surface area (Å²) in [6, 6.07) is 0.482. The predicted molar refractivity (Wildman–Crippen MR) is 67.9 cm³/mol. The first-order chi connectivity index (χ1) is 7.06. The second kappa shape index (κ2) is 6.00. The third-order valence-electron chi connectivity index (χ3n) is 3.04. The highest BCUT2D eigenvalue weighted by atomic mass is 127. The SMILES string of the molecule is CC(C)N1CCN(C(C)C(=O)OI)CC1. The van der Waals surface area contributed by atoms with Crippen LogP contribution in [0.5, 0.6) is 0 Å². The van der Waals surface area contributed by atoms with Gasteiger partial charge in [-0.2, -0.15) is 0 Å². The van der Waals surface area contributed by atoms with Gasteiger partial charge in [0, 0.05) is 32.2 Å². The maximum Gasteiger partial charge on any atom is 0.332 e. The second-order valence-corrected chi connectivity index (χ2v) is 4.68. The van der Waals surface area contributed by atoms with E-state index in [9.17, 15) is 4.79 Å². The predicted octanol–water partition coefficient (Wildman–Crippen LogP) is 1.29. The lowest BCUT2D eigenvalue weighted by molar-refractivity contribution is -0.137. The van der Waals surface area contributed by atoms with Crippen LogP contribution in [-0.2, 0) is 7.86 Å². The van der Waals surface area contributed by atoms with Gasteiger partial charge >= 0.3 is 5.97 Å². The molecule has 4 nitrogen and oxygen atoms in total. The van der Waals surface area contributed by atoms with E-state index < -0.39 is 0 Å². The Morgan fingerprint density at radius 3 is 2.00 bits per heavy atom. The molecule has 0 aromatic heterocycles. The Morgan fingerprint density at radius 2 is 1.60 bits per heavy atom. The van der Waals surface area contributed by atoms with Crippen LogP contribution in [0, 0.1) is 0 Å². The summed E-state index contributed by atoms with van der Waals surface area (Å²) < 4.78 is 4.72. The van der Waals surface area contributed by atoms with Gasteiger partial charge < -0.3 is 3.07 Å². The van der Waals surface area contributed by atoms with E-state index in [2.05, 4.69) is 23.6 Å². The van der Waals surface area contributed by atoms with Crippen LogP contribution in [0.25, 0.3) is 0 Å². The molecule has 15 heavy (non-hydrogen) atoms. The van der Waals surface area contributed by atoms with Gasteiger partial charge in [0.2, 0.25) is 0 Å². The van der Waals surface area contributed by atoms with Crippen LogP contribution in [0.4, 0.5) is 0 Å². The number of carbonyl (C=O) groups excluding carboxylic acids is 1. The summed E-state index contributed by atoms with van der Waals surface area (Å²) in [6.07, 6.45) is 0. The summed E-state index contributed by atoms with van der Waals surface area (Å²) in [5.41, 5.74) is 0. The Kier molecular flexibility index (Phi) is 5.28. The first-order valence-electron chi connectivity index (χ1n) is 5.36. The molecule has 0 aromatic carbocycles. The molecule has 1 heterocycles. The fraction of sp³-hybridized carbons (Fsp3) is 0.900. The van der Waals surface area contributed by atoms with Crippen molar-refractivity contribution in [2.45, 2.75) is 32.9 Å². The van der Waals surface area contributed by atoms with Gasteiger partial charge in [-0.1, -0.05) is 0 Å². The maximum absolute atomic E-state index is 11.3. The summed E-state index contributed by atoms with van der Waals surface area (Å²) in [6.45, 7) is 10.3. The molecule has 0 bridgehead atoms. The van der Waals surface area contributed by atoms with Crippen molar-refractivity contribution >= 4 is 29.0 Å². The van der Waals surface area contributed by atoms with Crippen LogP contribution in [-0.4, -0.2) is 54.0 Å². The highest BCUT2D eigenvalue weighted by molar-refractivity contribution is 14.1. The van der Waals surface area contributed by atoms with Crippen molar-refractivity contribution in [3.63, 3.8) is 0 Å². The van der Waals surface area contributed by atoms with E-state index in [1.807, 2.05) is 6.92 Å². The Balaban J connectivity index is 2.40. The van der Waals surface area contributed by atoms with Crippen LogP contribution < -0.4 is 0 Å². The molecule has 1 unspecified atom stereocenters. The fourth-order valence-corrected chi connectivity index (χ4v) is 2.22. The fourth-order valence-electron chi connectivity index (χ4n) is 1.85. The van der Waals surface area contributed by atoms with Gasteiger partial charge in [0.15, 0.2) is 23.0 Å². The molecule has 1 fully saturated rings. The minimum absolute atomic E-state index is 0.115. The molecular weight excluding hydrogens is 307 g/mol. The van der Waals surface area contributed by atoms with Crippen LogP contribution >= 0.6 is 23.0 Å². The van der Waals surface area contributed by atoms with Gasteiger partial charge in [0.25, 0.3) is 0 Å². The summed E-state index contributed by atoms with van der Waals surface area (Å²) in [7, 11) is 0. The number of hydrogen-bond donors (Lipinski definition) is 0. The van der Waals surface area contributed by atoms with E-state index in [0.29, 0.717) is 6.04 Å². The van der Waals surface area contributed by atoms with Crippen molar-refractivity contribution in [2.24, 2.45) is 0 Å². The number of halogens is 1. The average Bonchev–Trinajstić information content (AvgIpc) is 2.27. The summed E-state index contributed by atoms with van der Waals surface area (Å²) >= 11 is 1.65. The molecule has 0 spiro atoms. The largest absolute Gasteiger partial charge is 0.393 e. The van der Waals surface area contributed by atoms with Crippen molar-refractivity contribution in [1.82, 2.24) is 9.80 Å². The second-order valence-electron chi connectivity index (χ2n) is 4.24. The molecule has 5 heteroatoms. The zero-order valence-corrected chi connectivity index (χ0v) is 11.7. The smallest absolute Gasteiger partial charge is 0.332 e. The number of piperazine rings is 1. The molecule has 1 saturated heterocycles. The minimum atomic E-state index is -0.145. The van der Waals surface area contributed by atoms with Crippen LogP contribution in [0.15, 0.2) is 0 Å². The van der Waals surface area contributed by atoms with Gasteiger partial charge in [-0.3, -0.25) is 9.80 Å². The molecule has 1 rings (SSSR count). The maximum atomic E-state index is 11.3. The molecule has 0 aliphatic carbocycles. The topological polar surface area (TPSA) is 32.8 Å². The van der Waals surface area contributed by atoms with E-state index >= 15 is 0 Å². The first-order valence-corrected chi connectivity index (χ1v) is 6.25. The normalized spacial score (nSPS) is 21.7. The van der Waals surface area contributed by atoms with Gasteiger partial charge in [0.05, 0.1) is 0 Å². The van der Waals surface area contributed by atoms with E-state index in [4.69, 9.17) is 3.07 Å². The van der Waals surface area contributed by atoms with E-state index in [-0.39, 0.29) is 12.0 Å². The summed E-state index contributed by atoms with van der Waals surface area (Å²) in [5, 5.41) is 0. The lowest BCUT2D eigenvalue weighted by atomic mass is 10.2. The summed E-state index contributed by atoms with van der Waals surface area (Å²) in [4.78, 5) is 16.0. The first kappa shape index (κ1) is 13.2. The van der Waals surface area contributed by atoms with Gasteiger partial charge in [0.1, 0.15) is 6.04 Å². The molecule has 88 valence electrons. The van der Waals surface area contributed by atoms with E-state index in [1.165, 1.54) is 0 Å². The number of rotatable bonds is 3. The Bertz CT molecular complexity index is 215. The minimum Gasteiger partial charge on any atom is -0.393 e. The van der Waals surface area contributed by atoms with Gasteiger partial charge in [-0.15, -0.1) is 0 Å². The monoisotopic (exact) mass is 326 g/mol. The molecule has 0 aromatic rings. The Hall–Kier alpha value is 0.120. The molecule has 0 saturated carbocycles. The third-order valence-corrected chi connectivity index (χ3v) is 3.48. The zero-order valence-electron chi connectivity index (χ0n) is 9.57. The lowest BCUT2D eigenvalue weighted by Gasteiger charge is -2.38. The quantitative estimate of drug-likeness (QED) is 0.732. The van der Waals surface area contributed by atoms with Crippen LogP contribution in [0.1, 0.15) is 20.8 Å². The molecular formula is C10H19IN2O2. The third kappa shape index (κ3) is 3.57. The van der Waals surface area contributed by atoms with Crippen LogP contribution in [0.2, 0.25) is 0 Å². The van der Waals surface area contributed by atoms with Crippen molar-refractivity contribution in [3.8, 4) is 0 Å². The zero-order chi connectivity index (χ0) is 11.4. The summed E-state index contributed by atoms with van der Waals surface area (Å²) in [5.74, 6) is -0.145. The molecule has 1 aliphatic rings. The molecule has 1 atom stereocenters.